The van der Waals surface area contributed by atoms with Crippen LogP contribution in [-0.4, -0.2) is 15.5 Å². The summed E-state index contributed by atoms with van der Waals surface area (Å²) in [5.41, 5.74) is -3.78. The highest BCUT2D eigenvalue weighted by Crippen LogP contribution is 2.34. The SMILES string of the molecule is O=C(Nc1ccccc1C(F)(F)F)c1c[nH]c(=O)n(-c2ccc(Cl)cc2)c1=O. The number of halogens is 4. The number of anilines is 1. The van der Waals surface area contributed by atoms with E-state index in [9.17, 15) is 27.6 Å². The summed E-state index contributed by atoms with van der Waals surface area (Å²) in [4.78, 5) is 39.3. The van der Waals surface area contributed by atoms with Crippen LogP contribution >= 0.6 is 11.6 Å². The molecule has 0 saturated heterocycles. The van der Waals surface area contributed by atoms with E-state index in [4.69, 9.17) is 11.6 Å². The van der Waals surface area contributed by atoms with Gasteiger partial charge in [-0.25, -0.2) is 9.36 Å². The standard InChI is InChI=1S/C18H11ClF3N3O3/c19-10-5-7-11(8-6-10)25-16(27)12(9-23-17(25)28)15(26)24-14-4-2-1-3-13(14)18(20,21)22/h1-9H,(H,23,28)(H,24,26). The van der Waals surface area contributed by atoms with Gasteiger partial charge in [0, 0.05) is 11.2 Å². The minimum Gasteiger partial charge on any atom is -0.321 e. The van der Waals surface area contributed by atoms with Crippen LogP contribution in [0.2, 0.25) is 5.02 Å². The summed E-state index contributed by atoms with van der Waals surface area (Å²) in [5.74, 6) is -1.10. The van der Waals surface area contributed by atoms with Crippen LogP contribution in [0.5, 0.6) is 0 Å². The van der Waals surface area contributed by atoms with Crippen molar-refractivity contribution >= 4 is 23.2 Å². The van der Waals surface area contributed by atoms with Crippen molar-refractivity contribution in [3.63, 3.8) is 0 Å². The van der Waals surface area contributed by atoms with Crippen molar-refractivity contribution < 1.29 is 18.0 Å². The minimum absolute atomic E-state index is 0.140. The van der Waals surface area contributed by atoms with Gasteiger partial charge >= 0.3 is 11.9 Å². The molecule has 1 heterocycles. The molecule has 0 aliphatic carbocycles. The highest BCUT2D eigenvalue weighted by molar-refractivity contribution is 6.30. The van der Waals surface area contributed by atoms with Crippen LogP contribution in [0.3, 0.4) is 0 Å². The van der Waals surface area contributed by atoms with Crippen molar-refractivity contribution in [1.29, 1.82) is 0 Å². The Morgan fingerprint density at radius 3 is 2.32 bits per heavy atom. The summed E-state index contributed by atoms with van der Waals surface area (Å²) >= 11 is 5.77. The van der Waals surface area contributed by atoms with E-state index in [0.29, 0.717) is 9.59 Å². The fourth-order valence-electron chi connectivity index (χ4n) is 2.49. The first-order chi connectivity index (χ1) is 13.2. The lowest BCUT2D eigenvalue weighted by Crippen LogP contribution is -2.38. The topological polar surface area (TPSA) is 84.0 Å². The van der Waals surface area contributed by atoms with E-state index in [-0.39, 0.29) is 5.69 Å². The number of para-hydroxylation sites is 1. The number of rotatable bonds is 3. The number of benzene rings is 2. The second-order valence-electron chi connectivity index (χ2n) is 5.62. The number of amides is 1. The Morgan fingerprint density at radius 1 is 1.04 bits per heavy atom. The number of hydrogen-bond acceptors (Lipinski definition) is 3. The fraction of sp³-hybridized carbons (Fsp3) is 0.0556. The Kier molecular flexibility index (Phi) is 5.10. The maximum atomic E-state index is 13.1. The molecule has 2 aromatic carbocycles. The van der Waals surface area contributed by atoms with Crippen LogP contribution in [0.15, 0.2) is 64.3 Å². The smallest absolute Gasteiger partial charge is 0.321 e. The molecule has 0 spiro atoms. The third-order valence-corrected chi connectivity index (χ3v) is 4.04. The molecular formula is C18H11ClF3N3O3. The monoisotopic (exact) mass is 409 g/mol. The van der Waals surface area contributed by atoms with Crippen molar-refractivity contribution in [2.75, 3.05) is 5.32 Å². The van der Waals surface area contributed by atoms with Crippen molar-refractivity contribution in [1.82, 2.24) is 9.55 Å². The molecule has 2 N–H and O–H groups in total. The van der Waals surface area contributed by atoms with Crippen molar-refractivity contribution in [2.24, 2.45) is 0 Å². The third-order valence-electron chi connectivity index (χ3n) is 3.79. The summed E-state index contributed by atoms with van der Waals surface area (Å²) in [6.45, 7) is 0. The quantitative estimate of drug-likeness (QED) is 0.695. The van der Waals surface area contributed by atoms with E-state index < -0.39 is 40.1 Å². The second kappa shape index (κ2) is 7.35. The summed E-state index contributed by atoms with van der Waals surface area (Å²) in [7, 11) is 0. The van der Waals surface area contributed by atoms with Gasteiger partial charge in [0.15, 0.2) is 0 Å². The van der Waals surface area contributed by atoms with Crippen LogP contribution in [0.1, 0.15) is 15.9 Å². The molecule has 0 atom stereocenters. The second-order valence-corrected chi connectivity index (χ2v) is 6.06. The Bertz CT molecular complexity index is 1150. The number of nitrogens with zero attached hydrogens (tertiary/aromatic N) is 1. The Labute approximate surface area is 160 Å². The van der Waals surface area contributed by atoms with E-state index >= 15 is 0 Å². The van der Waals surface area contributed by atoms with Crippen LogP contribution in [0.4, 0.5) is 18.9 Å². The zero-order valence-corrected chi connectivity index (χ0v) is 14.6. The zero-order valence-electron chi connectivity index (χ0n) is 13.9. The van der Waals surface area contributed by atoms with E-state index in [1.165, 1.54) is 36.4 Å². The molecule has 0 aliphatic rings. The molecule has 28 heavy (non-hydrogen) atoms. The number of aromatic nitrogens is 2. The molecule has 0 aliphatic heterocycles. The molecular weight excluding hydrogens is 399 g/mol. The van der Waals surface area contributed by atoms with Crippen molar-refractivity contribution in [3.8, 4) is 5.69 Å². The van der Waals surface area contributed by atoms with Crippen LogP contribution < -0.4 is 16.6 Å². The molecule has 1 amide bonds. The molecule has 3 rings (SSSR count). The Balaban J connectivity index is 2.03. The minimum atomic E-state index is -4.70. The molecule has 0 fully saturated rings. The highest BCUT2D eigenvalue weighted by atomic mass is 35.5. The largest absolute Gasteiger partial charge is 0.418 e. The summed E-state index contributed by atoms with van der Waals surface area (Å²) < 4.78 is 39.9. The lowest BCUT2D eigenvalue weighted by molar-refractivity contribution is -0.136. The number of aromatic amines is 1. The van der Waals surface area contributed by atoms with Crippen molar-refractivity contribution in [2.45, 2.75) is 6.18 Å². The predicted octanol–water partition coefficient (Wildman–Crippen LogP) is 3.45. The van der Waals surface area contributed by atoms with Gasteiger partial charge in [-0.15, -0.1) is 0 Å². The maximum Gasteiger partial charge on any atom is 0.418 e. The third kappa shape index (κ3) is 3.84. The van der Waals surface area contributed by atoms with Gasteiger partial charge in [-0.3, -0.25) is 9.59 Å². The molecule has 3 aromatic rings. The van der Waals surface area contributed by atoms with Gasteiger partial charge < -0.3 is 10.3 Å². The van der Waals surface area contributed by atoms with E-state index in [2.05, 4.69) is 10.3 Å². The number of hydrogen-bond donors (Lipinski definition) is 2. The van der Waals surface area contributed by atoms with Crippen LogP contribution in [-0.2, 0) is 6.18 Å². The molecule has 6 nitrogen and oxygen atoms in total. The molecule has 0 radical (unpaired) electrons. The van der Waals surface area contributed by atoms with Gasteiger partial charge in [0.25, 0.3) is 11.5 Å². The predicted molar refractivity (Wildman–Crippen MR) is 97.1 cm³/mol. The normalized spacial score (nSPS) is 11.3. The number of H-pyrrole nitrogens is 1. The number of alkyl halides is 3. The Hall–Kier alpha value is -3.33. The number of carbonyl (C=O) groups excluding carboxylic acids is 1. The van der Waals surface area contributed by atoms with Gasteiger partial charge in [0.1, 0.15) is 5.56 Å². The molecule has 1 aromatic heterocycles. The van der Waals surface area contributed by atoms with E-state index in [1.54, 1.807) is 0 Å². The van der Waals surface area contributed by atoms with Crippen LogP contribution in [0.25, 0.3) is 5.69 Å². The van der Waals surface area contributed by atoms with E-state index in [1.807, 2.05) is 0 Å². The Morgan fingerprint density at radius 2 is 1.68 bits per heavy atom. The first kappa shape index (κ1) is 19.4. The first-order valence-electron chi connectivity index (χ1n) is 7.77. The summed E-state index contributed by atoms with van der Waals surface area (Å²) in [6.07, 6.45) is -3.85. The fourth-order valence-corrected chi connectivity index (χ4v) is 2.62. The van der Waals surface area contributed by atoms with Gasteiger partial charge in [0.05, 0.1) is 16.9 Å². The van der Waals surface area contributed by atoms with Crippen LogP contribution in [0, 0.1) is 0 Å². The average molecular weight is 410 g/mol. The van der Waals surface area contributed by atoms with Gasteiger partial charge in [-0.2, -0.15) is 13.2 Å². The number of nitrogens with one attached hydrogen (secondary N) is 2. The molecule has 0 saturated carbocycles. The molecule has 10 heteroatoms. The maximum absolute atomic E-state index is 13.1. The zero-order chi connectivity index (χ0) is 20.5. The molecule has 0 unspecified atom stereocenters. The van der Waals surface area contributed by atoms with Gasteiger partial charge in [-0.05, 0) is 36.4 Å². The van der Waals surface area contributed by atoms with Gasteiger partial charge in [-0.1, -0.05) is 23.7 Å². The lowest BCUT2D eigenvalue weighted by atomic mass is 10.1. The van der Waals surface area contributed by atoms with Crippen molar-refractivity contribution in [3.05, 3.63) is 91.7 Å². The first-order valence-corrected chi connectivity index (χ1v) is 8.14. The molecule has 0 bridgehead atoms. The summed E-state index contributed by atoms with van der Waals surface area (Å²) in [5, 5.41) is 2.43. The molecule has 144 valence electrons. The van der Waals surface area contributed by atoms with E-state index in [0.717, 1.165) is 18.3 Å². The average Bonchev–Trinajstić information content (AvgIpc) is 2.63. The number of carbonyl (C=O) groups is 1. The summed E-state index contributed by atoms with van der Waals surface area (Å²) in [6, 6.07) is 10.00. The lowest BCUT2D eigenvalue weighted by Gasteiger charge is -2.13. The highest BCUT2D eigenvalue weighted by Gasteiger charge is 2.33. The van der Waals surface area contributed by atoms with Gasteiger partial charge in [0.2, 0.25) is 0 Å².